The van der Waals surface area contributed by atoms with Crippen LogP contribution in [0, 0.1) is 0 Å². The Balaban J connectivity index is 1.89. The highest BCUT2D eigenvalue weighted by molar-refractivity contribution is 7.89. The van der Waals surface area contributed by atoms with E-state index >= 15 is 0 Å². The van der Waals surface area contributed by atoms with Crippen LogP contribution in [0.1, 0.15) is 17.3 Å². The van der Waals surface area contributed by atoms with E-state index in [1.54, 1.807) is 50.6 Å². The molecule has 1 heterocycles. The predicted molar refractivity (Wildman–Crippen MR) is 112 cm³/mol. The average molecular weight is 410 g/mol. The summed E-state index contributed by atoms with van der Waals surface area (Å²) in [4.78, 5) is 0.258. The second-order valence-electron chi connectivity index (χ2n) is 6.69. The van der Waals surface area contributed by atoms with Crippen molar-refractivity contribution in [1.82, 2.24) is 4.31 Å². The summed E-state index contributed by atoms with van der Waals surface area (Å²) in [5.41, 5.74) is 2.14. The molecule has 7 heteroatoms. The molecule has 1 atom stereocenters. The van der Waals surface area contributed by atoms with Crippen molar-refractivity contribution < 1.29 is 17.9 Å². The number of hydrogen-bond donors (Lipinski definition) is 1. The largest absolute Gasteiger partial charge is 0.497 e. The van der Waals surface area contributed by atoms with Gasteiger partial charge in [-0.3, -0.25) is 0 Å². The summed E-state index contributed by atoms with van der Waals surface area (Å²) in [5, 5.41) is 3.38. The number of methoxy groups -OCH3 is 2. The zero-order valence-corrected chi connectivity index (χ0v) is 17.0. The monoisotopic (exact) mass is 410 g/mol. The number of para-hydroxylation sites is 1. The fraction of sp³-hybridized carbons (Fsp3) is 0.182. The standard InChI is InChI=1S/C22H22N2O4S/c1-27-17-12-13-20(28-2)18(14-17)22-23-19-10-6-7-11-21(19)29(25,26)24(22)15-16-8-4-3-5-9-16/h3-14,22-23H,15H2,1-2H3. The van der Waals surface area contributed by atoms with Gasteiger partial charge in [-0.25, -0.2) is 8.42 Å². The molecule has 0 saturated carbocycles. The summed E-state index contributed by atoms with van der Waals surface area (Å²) in [6, 6.07) is 21.8. The van der Waals surface area contributed by atoms with Crippen molar-refractivity contribution in [3.63, 3.8) is 0 Å². The quantitative estimate of drug-likeness (QED) is 0.688. The second-order valence-corrected chi connectivity index (χ2v) is 8.55. The molecule has 3 aromatic carbocycles. The van der Waals surface area contributed by atoms with Crippen LogP contribution >= 0.6 is 0 Å². The van der Waals surface area contributed by atoms with Gasteiger partial charge in [0.15, 0.2) is 0 Å². The molecule has 0 bridgehead atoms. The lowest BCUT2D eigenvalue weighted by Crippen LogP contribution is -2.42. The molecule has 0 fully saturated rings. The van der Waals surface area contributed by atoms with Crippen molar-refractivity contribution in [3.8, 4) is 11.5 Å². The molecule has 0 amide bonds. The van der Waals surface area contributed by atoms with Gasteiger partial charge in [0.25, 0.3) is 0 Å². The SMILES string of the molecule is COc1ccc(OC)c(C2Nc3ccccc3S(=O)(=O)N2Cc2ccccc2)c1. The van der Waals surface area contributed by atoms with Crippen LogP contribution in [0.15, 0.2) is 77.7 Å². The fourth-order valence-corrected chi connectivity index (χ4v) is 5.19. The maximum absolute atomic E-state index is 13.6. The molecule has 29 heavy (non-hydrogen) atoms. The molecule has 6 nitrogen and oxygen atoms in total. The summed E-state index contributed by atoms with van der Waals surface area (Å²) in [5.74, 6) is 1.20. The lowest BCUT2D eigenvalue weighted by molar-refractivity contribution is 0.321. The number of benzene rings is 3. The first-order valence-electron chi connectivity index (χ1n) is 9.18. The van der Waals surface area contributed by atoms with Crippen molar-refractivity contribution in [3.05, 3.63) is 83.9 Å². The van der Waals surface area contributed by atoms with Crippen LogP contribution in [0.5, 0.6) is 11.5 Å². The molecule has 1 aliphatic heterocycles. The van der Waals surface area contributed by atoms with Gasteiger partial charge in [0.2, 0.25) is 10.0 Å². The Kier molecular flexibility index (Phi) is 5.17. The highest BCUT2D eigenvalue weighted by Gasteiger charge is 2.40. The molecule has 3 aromatic rings. The average Bonchev–Trinajstić information content (AvgIpc) is 2.76. The lowest BCUT2D eigenvalue weighted by Gasteiger charge is -2.38. The minimum atomic E-state index is -3.75. The van der Waals surface area contributed by atoms with Crippen molar-refractivity contribution in [2.45, 2.75) is 17.6 Å². The number of nitrogens with one attached hydrogen (secondary N) is 1. The number of rotatable bonds is 5. The molecular formula is C22H22N2O4S. The third kappa shape index (κ3) is 3.54. The Hall–Kier alpha value is -3.03. The highest BCUT2D eigenvalue weighted by Crippen LogP contribution is 2.42. The normalized spacial score (nSPS) is 17.8. The van der Waals surface area contributed by atoms with Gasteiger partial charge in [-0.2, -0.15) is 4.31 Å². The first kappa shape index (κ1) is 19.3. The van der Waals surface area contributed by atoms with Crippen molar-refractivity contribution >= 4 is 15.7 Å². The van der Waals surface area contributed by atoms with E-state index in [0.717, 1.165) is 5.56 Å². The number of ether oxygens (including phenoxy) is 2. The maximum Gasteiger partial charge on any atom is 0.247 e. The van der Waals surface area contributed by atoms with Crippen LogP contribution < -0.4 is 14.8 Å². The molecule has 0 aromatic heterocycles. The Morgan fingerprint density at radius 1 is 0.931 bits per heavy atom. The molecular weight excluding hydrogens is 388 g/mol. The number of anilines is 1. The second kappa shape index (κ2) is 7.77. The molecule has 1 unspecified atom stereocenters. The van der Waals surface area contributed by atoms with Gasteiger partial charge in [-0.1, -0.05) is 42.5 Å². The summed E-state index contributed by atoms with van der Waals surface area (Å²) in [6.45, 7) is 0.218. The molecule has 0 spiro atoms. The molecule has 0 aliphatic carbocycles. The summed E-state index contributed by atoms with van der Waals surface area (Å²) in [7, 11) is -0.604. The molecule has 150 valence electrons. The molecule has 0 radical (unpaired) electrons. The van der Waals surface area contributed by atoms with Crippen LogP contribution in [0.4, 0.5) is 5.69 Å². The van der Waals surface area contributed by atoms with Crippen LogP contribution in [-0.2, 0) is 16.6 Å². The minimum Gasteiger partial charge on any atom is -0.497 e. The minimum absolute atomic E-state index is 0.218. The Morgan fingerprint density at radius 2 is 1.66 bits per heavy atom. The van der Waals surface area contributed by atoms with Crippen LogP contribution in [-0.4, -0.2) is 26.9 Å². The smallest absolute Gasteiger partial charge is 0.247 e. The van der Waals surface area contributed by atoms with Gasteiger partial charge in [0, 0.05) is 12.1 Å². The van der Waals surface area contributed by atoms with E-state index < -0.39 is 16.2 Å². The van der Waals surface area contributed by atoms with Crippen LogP contribution in [0.2, 0.25) is 0 Å². The van der Waals surface area contributed by atoms with Gasteiger partial charge < -0.3 is 14.8 Å². The summed E-state index contributed by atoms with van der Waals surface area (Å²) in [6.07, 6.45) is -0.653. The number of hydrogen-bond acceptors (Lipinski definition) is 5. The molecule has 1 aliphatic rings. The highest BCUT2D eigenvalue weighted by atomic mass is 32.2. The first-order chi connectivity index (χ1) is 14.0. The van der Waals surface area contributed by atoms with E-state index in [1.807, 2.05) is 36.4 Å². The zero-order chi connectivity index (χ0) is 20.4. The van der Waals surface area contributed by atoms with Gasteiger partial charge in [-0.15, -0.1) is 0 Å². The van der Waals surface area contributed by atoms with Gasteiger partial charge in [0.05, 0.1) is 19.9 Å². The molecule has 0 saturated heterocycles. The number of fused-ring (bicyclic) bond motifs is 1. The zero-order valence-electron chi connectivity index (χ0n) is 16.2. The summed E-state index contributed by atoms with van der Waals surface area (Å²) < 4.78 is 39.5. The van der Waals surface area contributed by atoms with Gasteiger partial charge in [0.1, 0.15) is 22.6 Å². The van der Waals surface area contributed by atoms with Crippen LogP contribution in [0.3, 0.4) is 0 Å². The Labute approximate surface area is 170 Å². The van der Waals surface area contributed by atoms with E-state index in [9.17, 15) is 8.42 Å². The van der Waals surface area contributed by atoms with E-state index in [1.165, 1.54) is 4.31 Å². The molecule has 1 N–H and O–H groups in total. The van der Waals surface area contributed by atoms with E-state index in [2.05, 4.69) is 5.32 Å². The van der Waals surface area contributed by atoms with E-state index in [4.69, 9.17) is 9.47 Å². The van der Waals surface area contributed by atoms with Gasteiger partial charge in [-0.05, 0) is 35.9 Å². The topological polar surface area (TPSA) is 67.9 Å². The summed E-state index contributed by atoms with van der Waals surface area (Å²) >= 11 is 0. The third-order valence-electron chi connectivity index (χ3n) is 4.97. The predicted octanol–water partition coefficient (Wildman–Crippen LogP) is 4.02. The van der Waals surface area contributed by atoms with Crippen molar-refractivity contribution in [2.75, 3.05) is 19.5 Å². The van der Waals surface area contributed by atoms with E-state index in [-0.39, 0.29) is 11.4 Å². The Bertz CT molecular complexity index is 1120. The van der Waals surface area contributed by atoms with E-state index in [0.29, 0.717) is 22.7 Å². The first-order valence-corrected chi connectivity index (χ1v) is 10.6. The lowest BCUT2D eigenvalue weighted by atomic mass is 10.1. The fourth-order valence-electron chi connectivity index (χ4n) is 3.52. The van der Waals surface area contributed by atoms with Crippen LogP contribution in [0.25, 0.3) is 0 Å². The van der Waals surface area contributed by atoms with Crippen molar-refractivity contribution in [1.29, 1.82) is 0 Å². The number of sulfonamides is 1. The molecule has 4 rings (SSSR count). The van der Waals surface area contributed by atoms with Gasteiger partial charge >= 0.3 is 0 Å². The Morgan fingerprint density at radius 3 is 2.38 bits per heavy atom. The number of nitrogens with zero attached hydrogens (tertiary/aromatic N) is 1. The van der Waals surface area contributed by atoms with Crippen molar-refractivity contribution in [2.24, 2.45) is 0 Å². The third-order valence-corrected chi connectivity index (χ3v) is 6.84. The maximum atomic E-state index is 13.6.